The second-order valence-corrected chi connectivity index (χ2v) is 5.44. The number of benzene rings is 1. The van der Waals surface area contributed by atoms with Crippen molar-refractivity contribution in [2.45, 2.75) is 31.7 Å². The highest BCUT2D eigenvalue weighted by atomic mass is 16.4. The zero-order valence-corrected chi connectivity index (χ0v) is 12.9. The summed E-state index contributed by atoms with van der Waals surface area (Å²) in [5.74, 6) is -2.09. The van der Waals surface area contributed by atoms with Crippen molar-refractivity contribution in [3.63, 3.8) is 0 Å². The van der Waals surface area contributed by atoms with Crippen molar-refractivity contribution in [3.05, 3.63) is 35.9 Å². The van der Waals surface area contributed by atoms with Gasteiger partial charge < -0.3 is 21.9 Å². The van der Waals surface area contributed by atoms with E-state index < -0.39 is 24.0 Å². The van der Waals surface area contributed by atoms with E-state index in [0.717, 1.165) is 5.56 Å². The van der Waals surface area contributed by atoms with Gasteiger partial charge in [0.15, 0.2) is 0 Å². The van der Waals surface area contributed by atoms with Crippen molar-refractivity contribution in [1.82, 2.24) is 5.32 Å². The van der Waals surface area contributed by atoms with Crippen LogP contribution in [0.2, 0.25) is 0 Å². The molecule has 7 heteroatoms. The molecule has 23 heavy (non-hydrogen) atoms. The van der Waals surface area contributed by atoms with Crippen LogP contribution in [0.15, 0.2) is 30.3 Å². The third-order valence-corrected chi connectivity index (χ3v) is 3.53. The lowest BCUT2D eigenvalue weighted by molar-refractivity contribution is -0.143. The van der Waals surface area contributed by atoms with Gasteiger partial charge in [0.05, 0.1) is 12.0 Å². The maximum Gasteiger partial charge on any atom is 0.312 e. The van der Waals surface area contributed by atoms with Crippen molar-refractivity contribution < 1.29 is 19.5 Å². The molecule has 0 fully saturated rings. The molecule has 0 aliphatic carbocycles. The van der Waals surface area contributed by atoms with Crippen LogP contribution in [0.3, 0.4) is 0 Å². The molecular formula is C16H23N3O4. The van der Waals surface area contributed by atoms with Gasteiger partial charge in [-0.1, -0.05) is 30.3 Å². The molecule has 0 aliphatic rings. The number of primary amides is 1. The number of Topliss-reactive ketones (excluding diaryl/α,β-unsaturated/α-hetero) is 1. The third-order valence-electron chi connectivity index (χ3n) is 3.53. The van der Waals surface area contributed by atoms with Gasteiger partial charge in [-0.05, 0) is 24.8 Å². The molecule has 2 amide bonds. The summed E-state index contributed by atoms with van der Waals surface area (Å²) >= 11 is 0. The van der Waals surface area contributed by atoms with E-state index in [1.54, 1.807) is 0 Å². The number of nitrogens with one attached hydrogen (secondary N) is 1. The molecule has 1 aromatic carbocycles. The first-order valence-electron chi connectivity index (χ1n) is 7.48. The lowest BCUT2D eigenvalue weighted by atomic mass is 9.91. The number of carboxylic acid groups (broad SMARTS) is 1. The zero-order chi connectivity index (χ0) is 17.2. The highest BCUT2D eigenvalue weighted by molar-refractivity contribution is 5.87. The van der Waals surface area contributed by atoms with Gasteiger partial charge in [0.25, 0.3) is 0 Å². The van der Waals surface area contributed by atoms with Gasteiger partial charge in [-0.25, -0.2) is 4.79 Å². The van der Waals surface area contributed by atoms with E-state index in [2.05, 4.69) is 5.32 Å². The highest BCUT2D eigenvalue weighted by Crippen LogP contribution is 2.15. The predicted molar refractivity (Wildman–Crippen MR) is 85.7 cm³/mol. The van der Waals surface area contributed by atoms with Gasteiger partial charge in [-0.3, -0.25) is 9.59 Å². The molecule has 126 valence electrons. The Bertz CT molecular complexity index is 533. The first-order chi connectivity index (χ1) is 10.9. The monoisotopic (exact) mass is 321 g/mol. The lowest BCUT2D eigenvalue weighted by Crippen LogP contribution is -2.35. The maximum atomic E-state index is 12.1. The topological polar surface area (TPSA) is 136 Å². The zero-order valence-electron chi connectivity index (χ0n) is 12.9. The van der Waals surface area contributed by atoms with E-state index in [0.29, 0.717) is 19.4 Å². The number of carbonyl (C=O) groups is 3. The first kappa shape index (κ1) is 18.6. The van der Waals surface area contributed by atoms with Crippen LogP contribution in [-0.2, 0) is 16.0 Å². The second-order valence-electron chi connectivity index (χ2n) is 5.44. The summed E-state index contributed by atoms with van der Waals surface area (Å²) in [6, 6.07) is 7.80. The Balaban J connectivity index is 2.47. The Kier molecular flexibility index (Phi) is 7.76. The molecule has 0 saturated heterocycles. The van der Waals surface area contributed by atoms with Gasteiger partial charge in [0, 0.05) is 13.0 Å². The largest absolute Gasteiger partial charge is 0.481 e. The SMILES string of the molecule is NC(=O)NCCC[C@@H](N)C(=O)C[C@H](Cc1ccccc1)C(=O)O. The summed E-state index contributed by atoms with van der Waals surface area (Å²) in [6.07, 6.45) is 1.07. The molecule has 0 heterocycles. The van der Waals surface area contributed by atoms with Gasteiger partial charge in [-0.2, -0.15) is 0 Å². The van der Waals surface area contributed by atoms with Crippen molar-refractivity contribution in [3.8, 4) is 0 Å². The average molecular weight is 321 g/mol. The van der Waals surface area contributed by atoms with Crippen LogP contribution >= 0.6 is 0 Å². The summed E-state index contributed by atoms with van der Waals surface area (Å²) in [4.78, 5) is 33.9. The fourth-order valence-electron chi connectivity index (χ4n) is 2.23. The van der Waals surface area contributed by atoms with Crippen LogP contribution in [0.25, 0.3) is 0 Å². The van der Waals surface area contributed by atoms with E-state index in [1.807, 2.05) is 30.3 Å². The number of urea groups is 1. The summed E-state index contributed by atoms with van der Waals surface area (Å²) in [6.45, 7) is 0.336. The van der Waals surface area contributed by atoms with E-state index in [9.17, 15) is 19.5 Å². The molecule has 1 rings (SSSR count). The molecule has 0 aromatic heterocycles. The van der Waals surface area contributed by atoms with Crippen LogP contribution in [0, 0.1) is 5.92 Å². The van der Waals surface area contributed by atoms with Crippen LogP contribution in [0.5, 0.6) is 0 Å². The molecule has 1 aromatic rings. The van der Waals surface area contributed by atoms with Gasteiger partial charge >= 0.3 is 12.0 Å². The molecule has 0 radical (unpaired) electrons. The number of carbonyl (C=O) groups excluding carboxylic acids is 2. The number of carboxylic acids is 1. The Hall–Kier alpha value is -2.41. The van der Waals surface area contributed by atoms with Gasteiger partial charge in [-0.15, -0.1) is 0 Å². The summed E-state index contributed by atoms with van der Waals surface area (Å²) in [5, 5.41) is 11.7. The van der Waals surface area contributed by atoms with E-state index in [4.69, 9.17) is 11.5 Å². The molecule has 6 N–H and O–H groups in total. The molecule has 0 spiro atoms. The summed E-state index contributed by atoms with van der Waals surface area (Å²) < 4.78 is 0. The lowest BCUT2D eigenvalue weighted by Gasteiger charge is -2.15. The molecule has 0 saturated carbocycles. The van der Waals surface area contributed by atoms with E-state index in [1.165, 1.54) is 0 Å². The van der Waals surface area contributed by atoms with Crippen LogP contribution in [0.1, 0.15) is 24.8 Å². The standard InChI is InChI=1S/C16H23N3O4/c17-13(7-4-8-19-16(18)23)14(20)10-12(15(21)22)9-11-5-2-1-3-6-11/h1-3,5-6,12-13H,4,7-10,17H2,(H,21,22)(H3,18,19,23)/t12-,13+/m0/s1. The van der Waals surface area contributed by atoms with Crippen LogP contribution < -0.4 is 16.8 Å². The summed E-state index contributed by atoms with van der Waals surface area (Å²) in [7, 11) is 0. The number of hydrogen-bond acceptors (Lipinski definition) is 4. The second kappa shape index (κ2) is 9.58. The summed E-state index contributed by atoms with van der Waals surface area (Å²) in [5.41, 5.74) is 11.6. The third kappa shape index (κ3) is 7.42. The van der Waals surface area contributed by atoms with Gasteiger partial charge in [0.1, 0.15) is 5.78 Å². The minimum atomic E-state index is -1.01. The highest BCUT2D eigenvalue weighted by Gasteiger charge is 2.24. The minimum absolute atomic E-state index is 0.103. The number of rotatable bonds is 10. The van der Waals surface area contributed by atoms with Crippen LogP contribution in [-0.4, -0.2) is 35.5 Å². The minimum Gasteiger partial charge on any atom is -0.481 e. The smallest absolute Gasteiger partial charge is 0.312 e. The Morgan fingerprint density at radius 3 is 2.39 bits per heavy atom. The molecule has 0 bridgehead atoms. The first-order valence-corrected chi connectivity index (χ1v) is 7.48. The number of ketones is 1. The number of nitrogens with two attached hydrogens (primary N) is 2. The molecule has 0 aliphatic heterocycles. The molecular weight excluding hydrogens is 298 g/mol. The normalized spacial score (nSPS) is 13.1. The quantitative estimate of drug-likeness (QED) is 0.469. The van der Waals surface area contributed by atoms with Crippen LogP contribution in [0.4, 0.5) is 4.79 Å². The average Bonchev–Trinajstić information content (AvgIpc) is 2.51. The fourth-order valence-corrected chi connectivity index (χ4v) is 2.23. The molecule has 0 unspecified atom stereocenters. The Morgan fingerprint density at radius 1 is 1.17 bits per heavy atom. The fraction of sp³-hybridized carbons (Fsp3) is 0.438. The predicted octanol–water partition coefficient (Wildman–Crippen LogP) is 0.665. The molecule has 2 atom stereocenters. The Morgan fingerprint density at radius 2 is 1.83 bits per heavy atom. The van der Waals surface area contributed by atoms with Crippen molar-refractivity contribution in [2.24, 2.45) is 17.4 Å². The maximum absolute atomic E-state index is 12.1. The van der Waals surface area contributed by atoms with Crippen molar-refractivity contribution >= 4 is 17.8 Å². The number of amides is 2. The Labute approximate surface area is 135 Å². The van der Waals surface area contributed by atoms with Crippen molar-refractivity contribution in [1.29, 1.82) is 0 Å². The van der Waals surface area contributed by atoms with E-state index >= 15 is 0 Å². The number of hydrogen-bond donors (Lipinski definition) is 4. The van der Waals surface area contributed by atoms with Crippen molar-refractivity contribution in [2.75, 3.05) is 6.54 Å². The van der Waals surface area contributed by atoms with E-state index in [-0.39, 0.29) is 18.6 Å². The molecule has 7 nitrogen and oxygen atoms in total. The van der Waals surface area contributed by atoms with Gasteiger partial charge in [0.2, 0.25) is 0 Å². The number of aliphatic carboxylic acids is 1.